The van der Waals surface area contributed by atoms with Crippen LogP contribution in [-0.4, -0.2) is 23.3 Å². The minimum absolute atomic E-state index is 0.181. The van der Waals surface area contributed by atoms with Crippen molar-refractivity contribution in [2.45, 2.75) is 12.7 Å². The van der Waals surface area contributed by atoms with Gasteiger partial charge in [0.1, 0.15) is 0 Å². The van der Waals surface area contributed by atoms with Crippen molar-refractivity contribution < 1.29 is 22.8 Å². The number of nitrogens with zero attached hydrogens (tertiary/aromatic N) is 1. The minimum Gasteiger partial charge on any atom is -0.376 e. The molecule has 31 heavy (non-hydrogen) atoms. The lowest BCUT2D eigenvalue weighted by Crippen LogP contribution is -2.29. The van der Waals surface area contributed by atoms with E-state index in [1.807, 2.05) is 0 Å². The Labute approximate surface area is 176 Å². The highest BCUT2D eigenvalue weighted by Crippen LogP contribution is 2.30. The molecular formula is C22H19F3N4O2. The number of rotatable bonds is 7. The maximum absolute atomic E-state index is 12.7. The molecule has 2 amide bonds. The van der Waals surface area contributed by atoms with Gasteiger partial charge in [-0.2, -0.15) is 13.2 Å². The molecule has 9 heteroatoms. The van der Waals surface area contributed by atoms with Gasteiger partial charge in [-0.15, -0.1) is 0 Å². The van der Waals surface area contributed by atoms with E-state index >= 15 is 0 Å². The van der Waals surface area contributed by atoms with Crippen molar-refractivity contribution >= 4 is 23.2 Å². The van der Waals surface area contributed by atoms with Crippen LogP contribution in [0, 0.1) is 0 Å². The molecule has 3 aromatic rings. The first-order chi connectivity index (χ1) is 14.8. The van der Waals surface area contributed by atoms with Crippen molar-refractivity contribution in [2.75, 3.05) is 17.2 Å². The summed E-state index contributed by atoms with van der Waals surface area (Å²) in [6, 6.07) is 14.8. The highest BCUT2D eigenvalue weighted by atomic mass is 19.4. The summed E-state index contributed by atoms with van der Waals surface area (Å²) in [5.41, 5.74) is 1.19. The molecule has 0 saturated carbocycles. The molecule has 0 bridgehead atoms. The molecular weight excluding hydrogens is 409 g/mol. The fourth-order valence-corrected chi connectivity index (χ4v) is 2.72. The van der Waals surface area contributed by atoms with Gasteiger partial charge in [0.15, 0.2) is 0 Å². The quantitative estimate of drug-likeness (QED) is 0.530. The average Bonchev–Trinajstić information content (AvgIpc) is 2.77. The number of carbonyl (C=O) groups is 2. The lowest BCUT2D eigenvalue weighted by Gasteiger charge is -2.11. The monoisotopic (exact) mass is 428 g/mol. The van der Waals surface area contributed by atoms with Gasteiger partial charge >= 0.3 is 6.18 Å². The number of carbonyl (C=O) groups excluding carboxylic acids is 2. The molecule has 3 N–H and O–H groups in total. The molecule has 1 aromatic heterocycles. The van der Waals surface area contributed by atoms with E-state index < -0.39 is 11.7 Å². The Kier molecular flexibility index (Phi) is 6.86. The predicted molar refractivity (Wildman–Crippen MR) is 110 cm³/mol. The zero-order chi connectivity index (χ0) is 22.3. The first-order valence-electron chi connectivity index (χ1n) is 9.29. The number of halogens is 3. The first kappa shape index (κ1) is 21.8. The smallest absolute Gasteiger partial charge is 0.376 e. The molecule has 0 aliphatic rings. The van der Waals surface area contributed by atoms with Gasteiger partial charge < -0.3 is 16.0 Å². The van der Waals surface area contributed by atoms with Gasteiger partial charge in [0, 0.05) is 35.9 Å². The maximum Gasteiger partial charge on any atom is 0.416 e. The zero-order valence-corrected chi connectivity index (χ0v) is 16.2. The third kappa shape index (κ3) is 6.56. The Morgan fingerprint density at radius 1 is 0.903 bits per heavy atom. The SMILES string of the molecule is O=C(CNc1cccc(C(F)(F)F)c1)NCc1cccc(NC(=O)c2ccncc2)c1. The van der Waals surface area contributed by atoms with E-state index in [9.17, 15) is 22.8 Å². The number of benzene rings is 2. The predicted octanol–water partition coefficient (Wildman–Crippen LogP) is 4.08. The van der Waals surface area contributed by atoms with Gasteiger partial charge in [0.25, 0.3) is 5.91 Å². The molecule has 0 aliphatic carbocycles. The van der Waals surface area contributed by atoms with Gasteiger partial charge in [-0.25, -0.2) is 0 Å². The van der Waals surface area contributed by atoms with Crippen molar-refractivity contribution in [3.05, 3.63) is 89.7 Å². The fourth-order valence-electron chi connectivity index (χ4n) is 2.72. The Morgan fingerprint density at radius 3 is 2.35 bits per heavy atom. The van der Waals surface area contributed by atoms with Crippen molar-refractivity contribution in [3.8, 4) is 0 Å². The normalized spacial score (nSPS) is 10.9. The molecule has 3 rings (SSSR count). The lowest BCUT2D eigenvalue weighted by molar-refractivity contribution is -0.137. The van der Waals surface area contributed by atoms with E-state index in [0.29, 0.717) is 11.3 Å². The minimum atomic E-state index is -4.45. The Hall–Kier alpha value is -3.88. The lowest BCUT2D eigenvalue weighted by atomic mass is 10.2. The summed E-state index contributed by atoms with van der Waals surface area (Å²) in [5.74, 6) is -0.669. The molecule has 2 aromatic carbocycles. The molecule has 0 radical (unpaired) electrons. The van der Waals surface area contributed by atoms with Crippen LogP contribution in [-0.2, 0) is 17.5 Å². The summed E-state index contributed by atoms with van der Waals surface area (Å²) in [6.45, 7) is 0.0157. The molecule has 0 fully saturated rings. The van der Waals surface area contributed by atoms with Crippen LogP contribution in [0.1, 0.15) is 21.5 Å². The molecule has 0 unspecified atom stereocenters. The first-order valence-corrected chi connectivity index (χ1v) is 9.29. The largest absolute Gasteiger partial charge is 0.416 e. The number of nitrogens with one attached hydrogen (secondary N) is 3. The molecule has 1 heterocycles. The molecule has 0 spiro atoms. The maximum atomic E-state index is 12.7. The highest BCUT2D eigenvalue weighted by molar-refractivity contribution is 6.04. The van der Waals surface area contributed by atoms with Crippen LogP contribution in [0.3, 0.4) is 0 Å². The van der Waals surface area contributed by atoms with Crippen LogP contribution < -0.4 is 16.0 Å². The Balaban J connectivity index is 1.50. The Morgan fingerprint density at radius 2 is 1.61 bits per heavy atom. The number of pyridine rings is 1. The van der Waals surface area contributed by atoms with Crippen molar-refractivity contribution in [3.63, 3.8) is 0 Å². The van der Waals surface area contributed by atoms with Crippen molar-refractivity contribution in [1.29, 1.82) is 0 Å². The highest BCUT2D eigenvalue weighted by Gasteiger charge is 2.30. The second-order valence-corrected chi connectivity index (χ2v) is 6.60. The fraction of sp³-hybridized carbons (Fsp3) is 0.136. The number of alkyl halides is 3. The molecule has 0 saturated heterocycles. The number of aromatic nitrogens is 1. The zero-order valence-electron chi connectivity index (χ0n) is 16.2. The topological polar surface area (TPSA) is 83.1 Å². The van der Waals surface area contributed by atoms with Crippen LogP contribution in [0.2, 0.25) is 0 Å². The van der Waals surface area contributed by atoms with Gasteiger partial charge in [-0.1, -0.05) is 18.2 Å². The van der Waals surface area contributed by atoms with Crippen molar-refractivity contribution in [1.82, 2.24) is 10.3 Å². The van der Waals surface area contributed by atoms with E-state index in [-0.39, 0.29) is 30.6 Å². The van der Waals surface area contributed by atoms with E-state index in [1.54, 1.807) is 36.4 Å². The molecule has 6 nitrogen and oxygen atoms in total. The van der Waals surface area contributed by atoms with Crippen LogP contribution in [0.5, 0.6) is 0 Å². The molecule has 0 atom stereocenters. The number of amides is 2. The standard InChI is InChI=1S/C22H19F3N4O2/c23-22(24,25)17-4-2-5-18(12-17)27-14-20(30)28-13-15-3-1-6-19(11-15)29-21(31)16-7-9-26-10-8-16/h1-12,27H,13-14H2,(H,28,30)(H,29,31). The summed E-state index contributed by atoms with van der Waals surface area (Å²) in [6.07, 6.45) is -1.40. The summed E-state index contributed by atoms with van der Waals surface area (Å²) < 4.78 is 38.2. The van der Waals surface area contributed by atoms with E-state index in [0.717, 1.165) is 17.7 Å². The van der Waals surface area contributed by atoms with Crippen LogP contribution in [0.15, 0.2) is 73.1 Å². The van der Waals surface area contributed by atoms with Crippen LogP contribution >= 0.6 is 0 Å². The number of hydrogen-bond donors (Lipinski definition) is 3. The number of anilines is 2. The van der Waals surface area contributed by atoms with Crippen LogP contribution in [0.4, 0.5) is 24.5 Å². The van der Waals surface area contributed by atoms with Gasteiger partial charge in [-0.3, -0.25) is 14.6 Å². The molecule has 0 aliphatic heterocycles. The second-order valence-electron chi connectivity index (χ2n) is 6.60. The third-order valence-electron chi connectivity index (χ3n) is 4.26. The number of hydrogen-bond acceptors (Lipinski definition) is 4. The second kappa shape index (κ2) is 9.75. The third-order valence-corrected chi connectivity index (χ3v) is 4.26. The summed E-state index contributed by atoms with van der Waals surface area (Å²) >= 11 is 0. The summed E-state index contributed by atoms with van der Waals surface area (Å²) in [7, 11) is 0. The van der Waals surface area contributed by atoms with Gasteiger partial charge in [-0.05, 0) is 48.0 Å². The van der Waals surface area contributed by atoms with E-state index in [2.05, 4.69) is 20.9 Å². The van der Waals surface area contributed by atoms with Crippen molar-refractivity contribution in [2.24, 2.45) is 0 Å². The average molecular weight is 428 g/mol. The summed E-state index contributed by atoms with van der Waals surface area (Å²) in [5, 5.41) is 8.12. The van der Waals surface area contributed by atoms with Crippen LogP contribution in [0.25, 0.3) is 0 Å². The molecule has 160 valence electrons. The summed E-state index contributed by atoms with van der Waals surface area (Å²) in [4.78, 5) is 28.1. The Bertz CT molecular complexity index is 1060. The van der Waals surface area contributed by atoms with Gasteiger partial charge in [0.05, 0.1) is 12.1 Å². The van der Waals surface area contributed by atoms with E-state index in [4.69, 9.17) is 0 Å². The van der Waals surface area contributed by atoms with Gasteiger partial charge in [0.2, 0.25) is 5.91 Å². The van der Waals surface area contributed by atoms with E-state index in [1.165, 1.54) is 24.5 Å².